The predicted octanol–water partition coefficient (Wildman–Crippen LogP) is 3.25. The maximum absolute atomic E-state index is 5.86. The molecule has 0 amide bonds. The summed E-state index contributed by atoms with van der Waals surface area (Å²) < 4.78 is 5.86. The first-order chi connectivity index (χ1) is 8.40. The molecule has 0 saturated carbocycles. The van der Waals surface area contributed by atoms with Crippen LogP contribution < -0.4 is 0 Å². The number of nitrogens with zero attached hydrogens (tertiary/aromatic N) is 1. The Balaban J connectivity index is 1.84. The molecule has 2 nitrogen and oxygen atoms in total. The summed E-state index contributed by atoms with van der Waals surface area (Å²) in [5, 5.41) is 0. The molecule has 0 spiro atoms. The van der Waals surface area contributed by atoms with Crippen molar-refractivity contribution in [2.45, 2.75) is 32.3 Å². The van der Waals surface area contributed by atoms with Gasteiger partial charge in [-0.3, -0.25) is 4.90 Å². The molecule has 1 heterocycles. The van der Waals surface area contributed by atoms with Gasteiger partial charge in [-0.1, -0.05) is 50.1 Å². The first-order valence-corrected chi connectivity index (χ1v) is 6.79. The Morgan fingerprint density at radius 1 is 1.24 bits per heavy atom. The van der Waals surface area contributed by atoms with Crippen LogP contribution in [0.1, 0.15) is 37.9 Å². The zero-order valence-corrected chi connectivity index (χ0v) is 10.8. The summed E-state index contributed by atoms with van der Waals surface area (Å²) in [6, 6.07) is 10.6. The van der Waals surface area contributed by atoms with Crippen LogP contribution in [0.5, 0.6) is 0 Å². The monoisotopic (exact) mass is 233 g/mol. The fourth-order valence-electron chi connectivity index (χ4n) is 2.36. The molecule has 94 valence electrons. The van der Waals surface area contributed by atoms with E-state index in [1.54, 1.807) is 0 Å². The van der Waals surface area contributed by atoms with Crippen molar-refractivity contribution in [3.8, 4) is 0 Å². The molecule has 17 heavy (non-hydrogen) atoms. The Morgan fingerprint density at radius 2 is 2.06 bits per heavy atom. The van der Waals surface area contributed by atoms with Crippen LogP contribution in [0.2, 0.25) is 0 Å². The van der Waals surface area contributed by atoms with Crippen LogP contribution in [0.3, 0.4) is 0 Å². The van der Waals surface area contributed by atoms with Gasteiger partial charge in [0.25, 0.3) is 0 Å². The topological polar surface area (TPSA) is 12.5 Å². The summed E-state index contributed by atoms with van der Waals surface area (Å²) in [5.41, 5.74) is 1.31. The highest BCUT2D eigenvalue weighted by atomic mass is 16.5. The van der Waals surface area contributed by atoms with Crippen molar-refractivity contribution in [1.82, 2.24) is 4.90 Å². The number of morpholine rings is 1. The average molecular weight is 233 g/mol. The smallest absolute Gasteiger partial charge is 0.0952 e. The lowest BCUT2D eigenvalue weighted by molar-refractivity contribution is -0.0303. The average Bonchev–Trinajstić information content (AvgIpc) is 2.41. The van der Waals surface area contributed by atoms with Crippen LogP contribution in [0.15, 0.2) is 30.3 Å². The van der Waals surface area contributed by atoms with Gasteiger partial charge in [-0.05, 0) is 18.5 Å². The molecular weight excluding hydrogens is 210 g/mol. The molecule has 0 aromatic heterocycles. The van der Waals surface area contributed by atoms with Crippen LogP contribution in [0, 0.1) is 0 Å². The molecular formula is C15H23NO. The highest BCUT2D eigenvalue weighted by Crippen LogP contribution is 2.21. The summed E-state index contributed by atoms with van der Waals surface area (Å²) in [5.74, 6) is 0. The molecule has 1 aromatic carbocycles. The maximum atomic E-state index is 5.86. The van der Waals surface area contributed by atoms with Gasteiger partial charge in [0.05, 0.1) is 12.7 Å². The molecule has 0 radical (unpaired) electrons. The van der Waals surface area contributed by atoms with Gasteiger partial charge < -0.3 is 4.74 Å². The minimum Gasteiger partial charge on any atom is -0.371 e. The van der Waals surface area contributed by atoms with Crippen molar-refractivity contribution < 1.29 is 4.74 Å². The van der Waals surface area contributed by atoms with E-state index in [-0.39, 0.29) is 6.10 Å². The Hall–Kier alpha value is -0.860. The highest BCUT2D eigenvalue weighted by molar-refractivity contribution is 5.18. The fraction of sp³-hybridized carbons (Fsp3) is 0.600. The number of ether oxygens (including phenoxy) is 1. The second-order valence-electron chi connectivity index (χ2n) is 4.78. The van der Waals surface area contributed by atoms with Crippen LogP contribution in [-0.4, -0.2) is 31.1 Å². The first-order valence-electron chi connectivity index (χ1n) is 6.79. The number of rotatable bonds is 5. The van der Waals surface area contributed by atoms with Gasteiger partial charge in [0, 0.05) is 13.1 Å². The Labute approximate surface area is 105 Å². The summed E-state index contributed by atoms with van der Waals surface area (Å²) in [6.45, 7) is 6.49. The van der Waals surface area contributed by atoms with E-state index in [0.717, 1.165) is 19.7 Å². The van der Waals surface area contributed by atoms with Gasteiger partial charge in [0.2, 0.25) is 0 Å². The van der Waals surface area contributed by atoms with Gasteiger partial charge in [0.1, 0.15) is 0 Å². The van der Waals surface area contributed by atoms with Crippen molar-refractivity contribution >= 4 is 0 Å². The quantitative estimate of drug-likeness (QED) is 0.724. The molecule has 1 unspecified atom stereocenters. The lowest BCUT2D eigenvalue weighted by Crippen LogP contribution is -2.38. The van der Waals surface area contributed by atoms with Gasteiger partial charge >= 0.3 is 0 Å². The third-order valence-corrected chi connectivity index (χ3v) is 3.40. The fourth-order valence-corrected chi connectivity index (χ4v) is 2.36. The Morgan fingerprint density at radius 3 is 2.82 bits per heavy atom. The molecule has 1 aromatic rings. The number of hydrogen-bond donors (Lipinski definition) is 0. The highest BCUT2D eigenvalue weighted by Gasteiger charge is 2.20. The van der Waals surface area contributed by atoms with E-state index in [0.29, 0.717) is 0 Å². The largest absolute Gasteiger partial charge is 0.371 e. The van der Waals surface area contributed by atoms with E-state index < -0.39 is 0 Å². The summed E-state index contributed by atoms with van der Waals surface area (Å²) >= 11 is 0. The minimum atomic E-state index is 0.270. The molecule has 0 aliphatic carbocycles. The molecule has 1 aliphatic heterocycles. The molecule has 1 saturated heterocycles. The van der Waals surface area contributed by atoms with Gasteiger partial charge in [-0.2, -0.15) is 0 Å². The molecule has 0 bridgehead atoms. The van der Waals surface area contributed by atoms with E-state index in [1.807, 2.05) is 0 Å². The zero-order valence-electron chi connectivity index (χ0n) is 10.8. The van der Waals surface area contributed by atoms with Crippen molar-refractivity contribution in [2.75, 3.05) is 26.2 Å². The molecule has 1 atom stereocenters. The van der Waals surface area contributed by atoms with E-state index in [1.165, 1.54) is 31.4 Å². The zero-order chi connectivity index (χ0) is 11.9. The van der Waals surface area contributed by atoms with E-state index in [4.69, 9.17) is 4.74 Å². The van der Waals surface area contributed by atoms with Gasteiger partial charge in [0.15, 0.2) is 0 Å². The lowest BCUT2D eigenvalue weighted by Gasteiger charge is -2.33. The summed E-state index contributed by atoms with van der Waals surface area (Å²) in [7, 11) is 0. The predicted molar refractivity (Wildman–Crippen MR) is 71.1 cm³/mol. The summed E-state index contributed by atoms with van der Waals surface area (Å²) in [6.07, 6.45) is 4.23. The third-order valence-electron chi connectivity index (χ3n) is 3.40. The number of benzene rings is 1. The Kier molecular flexibility index (Phi) is 5.02. The van der Waals surface area contributed by atoms with Crippen LogP contribution >= 0.6 is 0 Å². The standard InChI is InChI=1S/C15H23NO/c1-2-3-7-10-16-11-12-17-15(13-16)14-8-5-4-6-9-14/h4-6,8-9,15H,2-3,7,10-13H2,1H3. The maximum Gasteiger partial charge on any atom is 0.0952 e. The van der Waals surface area contributed by atoms with E-state index in [2.05, 4.69) is 42.2 Å². The van der Waals surface area contributed by atoms with Crippen molar-refractivity contribution in [3.05, 3.63) is 35.9 Å². The molecule has 1 fully saturated rings. The normalized spacial score (nSPS) is 21.6. The first kappa shape index (κ1) is 12.6. The third kappa shape index (κ3) is 3.83. The summed E-state index contributed by atoms with van der Waals surface area (Å²) in [4.78, 5) is 2.54. The van der Waals surface area contributed by atoms with E-state index in [9.17, 15) is 0 Å². The lowest BCUT2D eigenvalue weighted by atomic mass is 10.1. The van der Waals surface area contributed by atoms with Crippen LogP contribution in [-0.2, 0) is 4.74 Å². The van der Waals surface area contributed by atoms with Crippen molar-refractivity contribution in [3.63, 3.8) is 0 Å². The number of unbranched alkanes of at least 4 members (excludes halogenated alkanes) is 2. The van der Waals surface area contributed by atoms with Gasteiger partial charge in [-0.15, -0.1) is 0 Å². The molecule has 1 aliphatic rings. The van der Waals surface area contributed by atoms with E-state index >= 15 is 0 Å². The molecule has 2 heteroatoms. The van der Waals surface area contributed by atoms with Crippen molar-refractivity contribution in [1.29, 1.82) is 0 Å². The van der Waals surface area contributed by atoms with Crippen LogP contribution in [0.4, 0.5) is 0 Å². The number of hydrogen-bond acceptors (Lipinski definition) is 2. The second kappa shape index (κ2) is 6.77. The second-order valence-corrected chi connectivity index (χ2v) is 4.78. The molecule has 0 N–H and O–H groups in total. The van der Waals surface area contributed by atoms with Crippen LogP contribution in [0.25, 0.3) is 0 Å². The minimum absolute atomic E-state index is 0.270. The molecule has 2 rings (SSSR count). The Bertz CT molecular complexity index is 312. The van der Waals surface area contributed by atoms with Crippen molar-refractivity contribution in [2.24, 2.45) is 0 Å². The van der Waals surface area contributed by atoms with Gasteiger partial charge in [-0.25, -0.2) is 0 Å². The SMILES string of the molecule is CCCCCN1CCOC(c2ccccc2)C1.